The van der Waals surface area contributed by atoms with Crippen LogP contribution in [0.4, 0.5) is 8.78 Å². The number of hydrogen-bond donors (Lipinski definition) is 1. The maximum absolute atomic E-state index is 13.6. The molecule has 21 heavy (non-hydrogen) atoms. The first-order valence-corrected chi connectivity index (χ1v) is 6.27. The highest BCUT2D eigenvalue weighted by atomic mass is 19.1. The van der Waals surface area contributed by atoms with E-state index in [1.54, 1.807) is 25.1 Å². The van der Waals surface area contributed by atoms with Crippen LogP contribution in [0.1, 0.15) is 34.5 Å². The molecule has 2 aromatic rings. The van der Waals surface area contributed by atoms with E-state index >= 15 is 0 Å². The number of nitriles is 1. The quantitative estimate of drug-likeness (QED) is 0.941. The van der Waals surface area contributed by atoms with Gasteiger partial charge in [-0.25, -0.2) is 8.78 Å². The fourth-order valence-electron chi connectivity index (χ4n) is 1.94. The monoisotopic (exact) mass is 286 g/mol. The van der Waals surface area contributed by atoms with Crippen molar-refractivity contribution >= 4 is 5.91 Å². The molecule has 0 aromatic heterocycles. The maximum Gasteiger partial charge on any atom is 0.251 e. The fraction of sp³-hybridized carbons (Fsp3) is 0.125. The largest absolute Gasteiger partial charge is 0.345 e. The Balaban J connectivity index is 2.17. The summed E-state index contributed by atoms with van der Waals surface area (Å²) in [6, 6.07) is 10.7. The van der Waals surface area contributed by atoms with Crippen molar-refractivity contribution in [3.63, 3.8) is 0 Å². The number of benzene rings is 2. The Hall–Kier alpha value is -2.74. The molecule has 0 aliphatic heterocycles. The van der Waals surface area contributed by atoms with Gasteiger partial charge in [-0.3, -0.25) is 4.79 Å². The first-order valence-electron chi connectivity index (χ1n) is 6.27. The first-order chi connectivity index (χ1) is 10.0. The number of hydrogen-bond acceptors (Lipinski definition) is 2. The molecule has 1 amide bonds. The highest BCUT2D eigenvalue weighted by molar-refractivity contribution is 5.94. The number of carbonyl (C=O) groups excluding carboxylic acids is 1. The van der Waals surface area contributed by atoms with Crippen LogP contribution in [0.3, 0.4) is 0 Å². The number of amides is 1. The molecule has 0 aliphatic rings. The van der Waals surface area contributed by atoms with Gasteiger partial charge >= 0.3 is 0 Å². The first kappa shape index (κ1) is 14.7. The van der Waals surface area contributed by atoms with Crippen LogP contribution < -0.4 is 5.32 Å². The normalized spacial score (nSPS) is 11.5. The van der Waals surface area contributed by atoms with Gasteiger partial charge in [0.1, 0.15) is 11.6 Å². The van der Waals surface area contributed by atoms with E-state index in [4.69, 9.17) is 5.26 Å². The van der Waals surface area contributed by atoms with Crippen LogP contribution in [0.25, 0.3) is 0 Å². The lowest BCUT2D eigenvalue weighted by molar-refractivity contribution is 0.0939. The van der Waals surface area contributed by atoms with E-state index in [0.29, 0.717) is 11.1 Å². The van der Waals surface area contributed by atoms with Gasteiger partial charge in [0.05, 0.1) is 17.7 Å². The Kier molecular flexibility index (Phi) is 4.29. The van der Waals surface area contributed by atoms with Gasteiger partial charge in [0.25, 0.3) is 5.91 Å². The van der Waals surface area contributed by atoms with Crippen molar-refractivity contribution < 1.29 is 13.6 Å². The molecule has 0 fully saturated rings. The van der Waals surface area contributed by atoms with Gasteiger partial charge in [0.2, 0.25) is 0 Å². The number of nitrogens with one attached hydrogen (secondary N) is 1. The summed E-state index contributed by atoms with van der Waals surface area (Å²) in [5, 5.41) is 11.4. The van der Waals surface area contributed by atoms with Crippen LogP contribution >= 0.6 is 0 Å². The van der Waals surface area contributed by atoms with Crippen molar-refractivity contribution in [3.8, 4) is 6.07 Å². The topological polar surface area (TPSA) is 52.9 Å². The molecule has 0 saturated heterocycles. The molecule has 0 saturated carbocycles. The predicted molar refractivity (Wildman–Crippen MR) is 73.4 cm³/mol. The second-order valence-electron chi connectivity index (χ2n) is 4.55. The molecule has 2 rings (SSSR count). The number of rotatable bonds is 3. The lowest BCUT2D eigenvalue weighted by Crippen LogP contribution is -2.27. The van der Waals surface area contributed by atoms with Gasteiger partial charge in [-0.15, -0.1) is 0 Å². The third kappa shape index (κ3) is 3.42. The Bertz CT molecular complexity index is 722. The molecule has 0 heterocycles. The minimum Gasteiger partial charge on any atom is -0.345 e. The number of carbonyl (C=O) groups is 1. The smallest absolute Gasteiger partial charge is 0.251 e. The summed E-state index contributed by atoms with van der Waals surface area (Å²) >= 11 is 0. The summed E-state index contributed by atoms with van der Waals surface area (Å²) in [5.41, 5.74) is 0.868. The van der Waals surface area contributed by atoms with Crippen molar-refractivity contribution in [1.29, 1.82) is 5.26 Å². The molecule has 0 radical (unpaired) electrons. The highest BCUT2D eigenvalue weighted by Crippen LogP contribution is 2.18. The lowest BCUT2D eigenvalue weighted by Gasteiger charge is -2.15. The maximum atomic E-state index is 13.6. The molecule has 3 nitrogen and oxygen atoms in total. The SMILES string of the molecule is C[C@H](NC(=O)c1cccc(C#N)c1)c1ccc(F)cc1F. The zero-order valence-corrected chi connectivity index (χ0v) is 11.2. The Morgan fingerprint density at radius 3 is 2.67 bits per heavy atom. The second-order valence-corrected chi connectivity index (χ2v) is 4.55. The number of halogens is 2. The van der Waals surface area contributed by atoms with Gasteiger partial charge in [-0.05, 0) is 31.2 Å². The Morgan fingerprint density at radius 1 is 1.24 bits per heavy atom. The minimum absolute atomic E-state index is 0.196. The van der Waals surface area contributed by atoms with Gasteiger partial charge in [0, 0.05) is 17.2 Å². The average molecular weight is 286 g/mol. The molecule has 1 atom stereocenters. The van der Waals surface area contributed by atoms with E-state index in [1.165, 1.54) is 12.1 Å². The molecule has 0 spiro atoms. The summed E-state index contributed by atoms with van der Waals surface area (Å²) < 4.78 is 26.5. The van der Waals surface area contributed by atoms with E-state index in [-0.39, 0.29) is 5.56 Å². The van der Waals surface area contributed by atoms with Crippen LogP contribution in [0.5, 0.6) is 0 Å². The molecule has 1 N–H and O–H groups in total. The third-order valence-corrected chi connectivity index (χ3v) is 3.03. The van der Waals surface area contributed by atoms with E-state index in [0.717, 1.165) is 12.1 Å². The van der Waals surface area contributed by atoms with Gasteiger partial charge < -0.3 is 5.32 Å². The Labute approximate surface area is 120 Å². The highest BCUT2D eigenvalue weighted by Gasteiger charge is 2.15. The lowest BCUT2D eigenvalue weighted by atomic mass is 10.1. The molecule has 2 aromatic carbocycles. The number of nitrogens with zero attached hydrogens (tertiary/aromatic N) is 1. The van der Waals surface area contributed by atoms with Crippen molar-refractivity contribution in [3.05, 3.63) is 70.8 Å². The van der Waals surface area contributed by atoms with Crippen LogP contribution in [0.2, 0.25) is 0 Å². The van der Waals surface area contributed by atoms with Crippen LogP contribution in [-0.2, 0) is 0 Å². The Morgan fingerprint density at radius 2 is 2.00 bits per heavy atom. The van der Waals surface area contributed by atoms with E-state index in [1.807, 2.05) is 6.07 Å². The molecule has 106 valence electrons. The standard InChI is InChI=1S/C16H12F2N2O/c1-10(14-6-5-13(17)8-15(14)18)20-16(21)12-4-2-3-11(7-12)9-19/h2-8,10H,1H3,(H,20,21)/t10-/m0/s1. The van der Waals surface area contributed by atoms with E-state index in [2.05, 4.69) is 5.32 Å². The second kappa shape index (κ2) is 6.14. The van der Waals surface area contributed by atoms with Crippen LogP contribution in [-0.4, -0.2) is 5.91 Å². The van der Waals surface area contributed by atoms with Crippen molar-refractivity contribution in [2.75, 3.05) is 0 Å². The predicted octanol–water partition coefficient (Wildman–Crippen LogP) is 3.33. The van der Waals surface area contributed by atoms with Crippen molar-refractivity contribution in [1.82, 2.24) is 5.32 Å². The molecular weight excluding hydrogens is 274 g/mol. The van der Waals surface area contributed by atoms with Crippen LogP contribution in [0.15, 0.2) is 42.5 Å². The molecular formula is C16H12F2N2O. The van der Waals surface area contributed by atoms with E-state index < -0.39 is 23.6 Å². The molecule has 0 aliphatic carbocycles. The van der Waals surface area contributed by atoms with Gasteiger partial charge in [-0.2, -0.15) is 5.26 Å². The summed E-state index contributed by atoms with van der Waals surface area (Å²) in [4.78, 5) is 12.1. The van der Waals surface area contributed by atoms with E-state index in [9.17, 15) is 13.6 Å². The summed E-state index contributed by atoms with van der Waals surface area (Å²) in [6.07, 6.45) is 0. The minimum atomic E-state index is -0.714. The summed E-state index contributed by atoms with van der Waals surface area (Å²) in [7, 11) is 0. The molecule has 0 bridgehead atoms. The zero-order valence-electron chi connectivity index (χ0n) is 11.2. The zero-order chi connectivity index (χ0) is 15.4. The van der Waals surface area contributed by atoms with Crippen molar-refractivity contribution in [2.45, 2.75) is 13.0 Å². The molecule has 5 heteroatoms. The van der Waals surface area contributed by atoms with Gasteiger partial charge in [-0.1, -0.05) is 12.1 Å². The molecule has 0 unspecified atom stereocenters. The van der Waals surface area contributed by atoms with Gasteiger partial charge in [0.15, 0.2) is 0 Å². The summed E-state index contributed by atoms with van der Waals surface area (Å²) in [5.74, 6) is -1.81. The fourth-order valence-corrected chi connectivity index (χ4v) is 1.94. The van der Waals surface area contributed by atoms with Crippen molar-refractivity contribution in [2.24, 2.45) is 0 Å². The third-order valence-electron chi connectivity index (χ3n) is 3.03. The summed E-state index contributed by atoms with van der Waals surface area (Å²) in [6.45, 7) is 1.60. The average Bonchev–Trinajstić information content (AvgIpc) is 2.47. The van der Waals surface area contributed by atoms with Crippen LogP contribution in [0, 0.1) is 23.0 Å².